The minimum absolute atomic E-state index is 0.0387. The number of rotatable bonds is 7. The maximum Gasteiger partial charge on any atom is 0.281 e. The van der Waals surface area contributed by atoms with E-state index in [0.29, 0.717) is 40.0 Å². The van der Waals surface area contributed by atoms with Crippen LogP contribution in [0.4, 0.5) is 0 Å². The number of H-pyrrole nitrogens is 1. The van der Waals surface area contributed by atoms with Crippen molar-refractivity contribution in [1.29, 1.82) is 0 Å². The summed E-state index contributed by atoms with van der Waals surface area (Å²) >= 11 is 12.6. The van der Waals surface area contributed by atoms with Crippen molar-refractivity contribution in [3.63, 3.8) is 0 Å². The molecular weight excluding hydrogens is 451 g/mol. The number of aromatic amines is 1. The minimum Gasteiger partial charge on any atom is -0.342 e. The monoisotopic (exact) mass is 476 g/mol. The molecule has 1 amide bonds. The number of nitrogens with one attached hydrogen (secondary N) is 1. The van der Waals surface area contributed by atoms with Crippen LogP contribution in [0.25, 0.3) is 11.2 Å². The second kappa shape index (κ2) is 10.0. The van der Waals surface area contributed by atoms with Gasteiger partial charge in [0, 0.05) is 41.0 Å². The molecule has 0 bridgehead atoms. The maximum atomic E-state index is 12.7. The highest BCUT2D eigenvalue weighted by Crippen LogP contribution is 2.27. The molecule has 1 unspecified atom stereocenters. The van der Waals surface area contributed by atoms with E-state index in [-0.39, 0.29) is 29.4 Å². The second-order valence-electron chi connectivity index (χ2n) is 8.21. The van der Waals surface area contributed by atoms with Crippen LogP contribution in [0.3, 0.4) is 0 Å². The summed E-state index contributed by atoms with van der Waals surface area (Å²) in [5.41, 5.74) is 0.895. The molecule has 1 atom stereocenters. The third kappa shape index (κ3) is 4.81. The predicted molar refractivity (Wildman–Crippen MR) is 124 cm³/mol. The highest BCUT2D eigenvalue weighted by molar-refractivity contribution is 6.36. The molecule has 1 fully saturated rings. The van der Waals surface area contributed by atoms with Gasteiger partial charge in [-0.25, -0.2) is 9.67 Å². The van der Waals surface area contributed by atoms with Gasteiger partial charge in [-0.1, -0.05) is 54.2 Å². The Balaban J connectivity index is 1.59. The van der Waals surface area contributed by atoms with E-state index in [1.807, 2.05) is 4.90 Å². The van der Waals surface area contributed by atoms with E-state index in [1.54, 1.807) is 18.2 Å². The lowest BCUT2D eigenvalue weighted by molar-refractivity contribution is -0.132. The predicted octanol–water partition coefficient (Wildman–Crippen LogP) is 4.16. The zero-order valence-electron chi connectivity index (χ0n) is 18.0. The van der Waals surface area contributed by atoms with Crippen molar-refractivity contribution in [3.8, 4) is 0 Å². The summed E-state index contributed by atoms with van der Waals surface area (Å²) in [6.45, 7) is 3.67. The average Bonchev–Trinajstić information content (AvgIpc) is 3.20. The first-order valence-electron chi connectivity index (χ1n) is 11.0. The topological polar surface area (TPSA) is 96.8 Å². The molecule has 2 aromatic heterocycles. The van der Waals surface area contributed by atoms with Gasteiger partial charge in [-0.2, -0.15) is 0 Å². The van der Waals surface area contributed by atoms with Gasteiger partial charge in [0.2, 0.25) is 5.91 Å². The number of piperidine rings is 1. The number of carbonyl (C=O) groups is 1. The second-order valence-corrected chi connectivity index (χ2v) is 9.02. The number of unbranched alkanes of at least 4 members (excludes halogenated alkanes) is 2. The lowest BCUT2D eigenvalue weighted by Gasteiger charge is -2.32. The van der Waals surface area contributed by atoms with Crippen molar-refractivity contribution < 1.29 is 4.79 Å². The molecule has 32 heavy (non-hydrogen) atoms. The summed E-state index contributed by atoms with van der Waals surface area (Å²) < 4.78 is 1.54. The molecular formula is C22H26Cl2N6O2. The number of fused-ring (bicyclic) bond motifs is 1. The summed E-state index contributed by atoms with van der Waals surface area (Å²) in [6, 6.07) is 5.27. The van der Waals surface area contributed by atoms with Crippen molar-refractivity contribution in [2.24, 2.45) is 0 Å². The van der Waals surface area contributed by atoms with Crippen LogP contribution in [0, 0.1) is 0 Å². The van der Waals surface area contributed by atoms with Gasteiger partial charge in [0.25, 0.3) is 5.56 Å². The highest BCUT2D eigenvalue weighted by atomic mass is 35.5. The average molecular weight is 477 g/mol. The molecule has 10 heteroatoms. The highest BCUT2D eigenvalue weighted by Gasteiger charge is 2.27. The molecule has 3 aromatic rings. The molecule has 1 N–H and O–H groups in total. The van der Waals surface area contributed by atoms with E-state index in [4.69, 9.17) is 28.2 Å². The van der Waals surface area contributed by atoms with E-state index < -0.39 is 0 Å². The molecule has 8 nitrogen and oxygen atoms in total. The van der Waals surface area contributed by atoms with Crippen molar-refractivity contribution >= 4 is 40.3 Å². The molecule has 0 saturated carbocycles. The molecule has 1 aliphatic heterocycles. The van der Waals surface area contributed by atoms with Crippen LogP contribution < -0.4 is 5.56 Å². The van der Waals surface area contributed by atoms with Gasteiger partial charge in [-0.05, 0) is 31.4 Å². The summed E-state index contributed by atoms with van der Waals surface area (Å²) in [5, 5.41) is 9.13. The number of aromatic nitrogens is 5. The minimum atomic E-state index is -0.340. The summed E-state index contributed by atoms with van der Waals surface area (Å²) in [5.74, 6) is 0.692. The molecule has 1 aliphatic rings. The van der Waals surface area contributed by atoms with Crippen molar-refractivity contribution in [1.82, 2.24) is 29.9 Å². The Morgan fingerprint density at radius 3 is 2.78 bits per heavy atom. The van der Waals surface area contributed by atoms with Gasteiger partial charge in [0.15, 0.2) is 11.2 Å². The fourth-order valence-electron chi connectivity index (χ4n) is 4.13. The quantitative estimate of drug-likeness (QED) is 0.516. The number of halogens is 2. The largest absolute Gasteiger partial charge is 0.342 e. The number of likely N-dealkylation sites (tertiary alicyclic amines) is 1. The van der Waals surface area contributed by atoms with Gasteiger partial charge in [-0.15, -0.1) is 5.10 Å². The molecule has 4 rings (SSSR count). The van der Waals surface area contributed by atoms with E-state index in [1.165, 1.54) is 4.68 Å². The number of hydrogen-bond donors (Lipinski definition) is 1. The van der Waals surface area contributed by atoms with Crippen LogP contribution in [0.2, 0.25) is 10.0 Å². The van der Waals surface area contributed by atoms with Crippen LogP contribution in [0.1, 0.15) is 62.8 Å². The maximum absolute atomic E-state index is 12.7. The van der Waals surface area contributed by atoms with Crippen molar-refractivity contribution in [3.05, 3.63) is 50.0 Å². The zero-order chi connectivity index (χ0) is 22.7. The molecule has 0 spiro atoms. The Kier molecular flexibility index (Phi) is 7.10. The first-order valence-corrected chi connectivity index (χ1v) is 11.8. The molecule has 170 valence electrons. The van der Waals surface area contributed by atoms with E-state index in [2.05, 4.69) is 22.2 Å². The third-order valence-electron chi connectivity index (χ3n) is 5.92. The molecule has 1 saturated heterocycles. The fraction of sp³-hybridized carbons (Fsp3) is 0.500. The number of amides is 1. The lowest BCUT2D eigenvalue weighted by Crippen LogP contribution is -2.39. The SMILES string of the molecule is CCCCCC(=O)N1CCCC(c2nc3c(nnn3Cc3c(Cl)cccc3Cl)c(=O)[nH]2)C1. The van der Waals surface area contributed by atoms with Crippen LogP contribution in [0.15, 0.2) is 23.0 Å². The molecule has 3 heterocycles. The van der Waals surface area contributed by atoms with E-state index >= 15 is 0 Å². The normalized spacial score (nSPS) is 16.6. The van der Waals surface area contributed by atoms with Crippen molar-refractivity contribution in [2.75, 3.05) is 13.1 Å². The van der Waals surface area contributed by atoms with E-state index in [0.717, 1.165) is 38.6 Å². The van der Waals surface area contributed by atoms with Crippen LogP contribution in [-0.2, 0) is 11.3 Å². The number of nitrogens with zero attached hydrogens (tertiary/aromatic N) is 5. The molecule has 0 radical (unpaired) electrons. The first-order chi connectivity index (χ1) is 15.5. The smallest absolute Gasteiger partial charge is 0.281 e. The number of hydrogen-bond acceptors (Lipinski definition) is 5. The van der Waals surface area contributed by atoms with Gasteiger partial charge in [0.1, 0.15) is 5.82 Å². The molecule has 1 aromatic carbocycles. The number of benzene rings is 1. The van der Waals surface area contributed by atoms with E-state index in [9.17, 15) is 9.59 Å². The fourth-order valence-corrected chi connectivity index (χ4v) is 4.64. The van der Waals surface area contributed by atoms with Gasteiger partial charge < -0.3 is 9.88 Å². The van der Waals surface area contributed by atoms with Crippen LogP contribution in [-0.4, -0.2) is 48.9 Å². The lowest BCUT2D eigenvalue weighted by atomic mass is 9.96. The van der Waals surface area contributed by atoms with Crippen LogP contribution >= 0.6 is 23.2 Å². The first kappa shape index (κ1) is 22.7. The molecule has 0 aliphatic carbocycles. The Morgan fingerprint density at radius 1 is 1.25 bits per heavy atom. The van der Waals surface area contributed by atoms with Gasteiger partial charge >= 0.3 is 0 Å². The van der Waals surface area contributed by atoms with Crippen LogP contribution in [0.5, 0.6) is 0 Å². The van der Waals surface area contributed by atoms with Gasteiger partial charge in [0.05, 0.1) is 6.54 Å². The Bertz CT molecular complexity index is 1150. The summed E-state index contributed by atoms with van der Waals surface area (Å²) in [6.07, 6.45) is 5.35. The third-order valence-corrected chi connectivity index (χ3v) is 6.62. The summed E-state index contributed by atoms with van der Waals surface area (Å²) in [4.78, 5) is 34.7. The summed E-state index contributed by atoms with van der Waals surface area (Å²) in [7, 11) is 0. The Labute approximate surface area is 195 Å². The Morgan fingerprint density at radius 2 is 2.03 bits per heavy atom. The van der Waals surface area contributed by atoms with Crippen molar-refractivity contribution in [2.45, 2.75) is 57.9 Å². The number of carbonyl (C=O) groups excluding carboxylic acids is 1. The Hall–Kier alpha value is -2.45. The van der Waals surface area contributed by atoms with Gasteiger partial charge in [-0.3, -0.25) is 9.59 Å². The standard InChI is InChI=1S/C22H26Cl2N6O2/c1-2-3-4-10-18(31)29-11-6-7-14(12-29)20-25-21-19(22(32)26-20)27-28-30(21)13-15-16(23)8-5-9-17(15)24/h5,8-9,14H,2-4,6-7,10-13H2,1H3,(H,25,26,32). The zero-order valence-corrected chi connectivity index (χ0v) is 19.5.